The molecule has 1 amide bonds. The van der Waals surface area contributed by atoms with Gasteiger partial charge in [0.2, 0.25) is 0 Å². The Morgan fingerprint density at radius 2 is 1.89 bits per heavy atom. The normalized spacial score (nSPS) is 15.1. The van der Waals surface area contributed by atoms with E-state index < -0.39 is 0 Å². The SMILES string of the molecule is Cn1c(CC[NH+]2CCCCC2)nc2cc(NC(=O)c3ccc(F)cc3)ccc21. The Bertz CT molecular complexity index is 974. The molecule has 2 heterocycles. The molecule has 1 saturated heterocycles. The van der Waals surface area contributed by atoms with Gasteiger partial charge in [-0.1, -0.05) is 0 Å². The number of carbonyl (C=O) groups is 1. The topological polar surface area (TPSA) is 51.4 Å². The van der Waals surface area contributed by atoms with Gasteiger partial charge in [0.15, 0.2) is 0 Å². The molecule has 0 radical (unpaired) electrons. The van der Waals surface area contributed by atoms with E-state index in [0.29, 0.717) is 11.3 Å². The number of rotatable bonds is 5. The maximum Gasteiger partial charge on any atom is 0.255 e. The van der Waals surface area contributed by atoms with Crippen molar-refractivity contribution in [2.45, 2.75) is 25.7 Å². The molecule has 1 fully saturated rings. The Morgan fingerprint density at radius 1 is 1.14 bits per heavy atom. The number of piperidine rings is 1. The first-order chi connectivity index (χ1) is 13.6. The fourth-order valence-electron chi connectivity index (χ4n) is 3.95. The summed E-state index contributed by atoms with van der Waals surface area (Å²) in [6.07, 6.45) is 4.98. The van der Waals surface area contributed by atoms with E-state index in [-0.39, 0.29) is 11.7 Å². The van der Waals surface area contributed by atoms with Crippen molar-refractivity contribution in [1.29, 1.82) is 0 Å². The predicted octanol–water partition coefficient (Wildman–Crippen LogP) is 2.58. The molecule has 0 atom stereocenters. The van der Waals surface area contributed by atoms with Gasteiger partial charge in [0.25, 0.3) is 5.91 Å². The second-order valence-electron chi connectivity index (χ2n) is 7.56. The molecule has 146 valence electrons. The first-order valence-electron chi connectivity index (χ1n) is 9.96. The van der Waals surface area contributed by atoms with E-state index in [0.717, 1.165) is 29.8 Å². The summed E-state index contributed by atoms with van der Waals surface area (Å²) < 4.78 is 15.2. The van der Waals surface area contributed by atoms with E-state index >= 15 is 0 Å². The van der Waals surface area contributed by atoms with Crippen molar-refractivity contribution < 1.29 is 14.1 Å². The molecule has 0 bridgehead atoms. The molecule has 0 unspecified atom stereocenters. The van der Waals surface area contributed by atoms with Gasteiger partial charge in [0.05, 0.1) is 37.1 Å². The lowest BCUT2D eigenvalue weighted by atomic mass is 10.1. The number of carbonyl (C=O) groups excluding carboxylic acids is 1. The maximum atomic E-state index is 13.0. The second kappa shape index (κ2) is 8.10. The third-order valence-electron chi connectivity index (χ3n) is 5.60. The van der Waals surface area contributed by atoms with Crippen molar-refractivity contribution in [2.24, 2.45) is 7.05 Å². The highest BCUT2D eigenvalue weighted by Gasteiger charge is 2.16. The van der Waals surface area contributed by atoms with E-state index in [1.165, 1.54) is 56.6 Å². The summed E-state index contributed by atoms with van der Waals surface area (Å²) >= 11 is 0. The highest BCUT2D eigenvalue weighted by atomic mass is 19.1. The largest absolute Gasteiger partial charge is 0.335 e. The molecule has 6 heteroatoms. The fraction of sp³-hybridized carbons (Fsp3) is 0.364. The summed E-state index contributed by atoms with van der Waals surface area (Å²) in [6.45, 7) is 3.65. The van der Waals surface area contributed by atoms with Gasteiger partial charge in [-0.3, -0.25) is 4.79 Å². The van der Waals surface area contributed by atoms with Crippen LogP contribution in [-0.4, -0.2) is 35.1 Å². The Labute approximate surface area is 164 Å². The molecule has 1 aliphatic heterocycles. The third-order valence-corrected chi connectivity index (χ3v) is 5.60. The minimum Gasteiger partial charge on any atom is -0.335 e. The van der Waals surface area contributed by atoms with Crippen molar-refractivity contribution >= 4 is 22.6 Å². The number of anilines is 1. The first-order valence-corrected chi connectivity index (χ1v) is 9.96. The molecule has 0 aliphatic carbocycles. The molecule has 4 rings (SSSR count). The third kappa shape index (κ3) is 4.07. The summed E-state index contributed by atoms with van der Waals surface area (Å²) in [6, 6.07) is 11.3. The van der Waals surface area contributed by atoms with Gasteiger partial charge in [0, 0.05) is 18.3 Å². The van der Waals surface area contributed by atoms with Gasteiger partial charge < -0.3 is 14.8 Å². The van der Waals surface area contributed by atoms with Crippen LogP contribution in [0.4, 0.5) is 10.1 Å². The number of halogens is 1. The van der Waals surface area contributed by atoms with Gasteiger partial charge in [-0.2, -0.15) is 0 Å². The average molecular weight is 381 g/mol. The van der Waals surface area contributed by atoms with E-state index in [1.807, 2.05) is 25.2 Å². The molecule has 5 nitrogen and oxygen atoms in total. The van der Waals surface area contributed by atoms with Crippen LogP contribution in [0, 0.1) is 5.82 Å². The van der Waals surface area contributed by atoms with Gasteiger partial charge in [0.1, 0.15) is 11.6 Å². The number of aromatic nitrogens is 2. The van der Waals surface area contributed by atoms with Crippen LogP contribution in [0.3, 0.4) is 0 Å². The number of benzene rings is 2. The number of nitrogens with one attached hydrogen (secondary N) is 2. The molecule has 1 aromatic heterocycles. The Morgan fingerprint density at radius 3 is 2.64 bits per heavy atom. The number of aryl methyl sites for hydroxylation is 1. The zero-order valence-corrected chi connectivity index (χ0v) is 16.2. The zero-order chi connectivity index (χ0) is 19.5. The predicted molar refractivity (Wildman–Crippen MR) is 108 cm³/mol. The lowest BCUT2D eigenvalue weighted by Gasteiger charge is -2.23. The van der Waals surface area contributed by atoms with Gasteiger partial charge in [-0.05, 0) is 61.7 Å². The summed E-state index contributed by atoms with van der Waals surface area (Å²) in [4.78, 5) is 18.8. The standard InChI is InChI=1S/C22H25FN4O/c1-26-20-10-9-18(24-22(28)16-5-7-17(23)8-6-16)15-19(20)25-21(26)11-14-27-12-3-2-4-13-27/h5-10,15H,2-4,11-14H2,1H3,(H,24,28)/p+1. The molecule has 2 aromatic carbocycles. The van der Waals surface area contributed by atoms with E-state index in [1.54, 1.807) is 4.90 Å². The quantitative estimate of drug-likeness (QED) is 0.714. The molecule has 0 saturated carbocycles. The Balaban J connectivity index is 1.47. The number of fused-ring (bicyclic) bond motifs is 1. The molecule has 0 spiro atoms. The van der Waals surface area contributed by atoms with Crippen LogP contribution >= 0.6 is 0 Å². The van der Waals surface area contributed by atoms with Crippen molar-refractivity contribution in [3.8, 4) is 0 Å². The summed E-state index contributed by atoms with van der Waals surface area (Å²) in [5.74, 6) is 0.463. The lowest BCUT2D eigenvalue weighted by Crippen LogP contribution is -3.13. The van der Waals surface area contributed by atoms with Crippen LogP contribution in [0.5, 0.6) is 0 Å². The molecule has 1 aliphatic rings. The van der Waals surface area contributed by atoms with Gasteiger partial charge >= 0.3 is 0 Å². The lowest BCUT2D eigenvalue weighted by molar-refractivity contribution is -0.904. The average Bonchev–Trinajstić information content (AvgIpc) is 3.03. The monoisotopic (exact) mass is 381 g/mol. The summed E-state index contributed by atoms with van der Waals surface area (Å²) in [5, 5.41) is 2.87. The number of hydrogen-bond donors (Lipinski definition) is 2. The maximum absolute atomic E-state index is 13.0. The summed E-state index contributed by atoms with van der Waals surface area (Å²) in [5.41, 5.74) is 3.05. The van der Waals surface area contributed by atoms with Crippen molar-refractivity contribution in [3.05, 3.63) is 59.7 Å². The molecule has 2 N–H and O–H groups in total. The first kappa shape index (κ1) is 18.6. The number of likely N-dealkylation sites (tertiary alicyclic amines) is 1. The Kier molecular flexibility index (Phi) is 5.39. The van der Waals surface area contributed by atoms with E-state index in [2.05, 4.69) is 9.88 Å². The van der Waals surface area contributed by atoms with Crippen LogP contribution in [0.1, 0.15) is 35.4 Å². The van der Waals surface area contributed by atoms with Crippen LogP contribution in [-0.2, 0) is 13.5 Å². The van der Waals surface area contributed by atoms with Crippen LogP contribution in [0.2, 0.25) is 0 Å². The minimum atomic E-state index is -0.356. The molecular weight excluding hydrogens is 355 g/mol. The fourth-order valence-corrected chi connectivity index (χ4v) is 3.95. The number of amides is 1. The molecular formula is C22H26FN4O+. The highest BCUT2D eigenvalue weighted by molar-refractivity contribution is 6.04. The molecule has 28 heavy (non-hydrogen) atoms. The number of nitrogens with zero attached hydrogens (tertiary/aromatic N) is 2. The zero-order valence-electron chi connectivity index (χ0n) is 16.2. The number of hydrogen-bond acceptors (Lipinski definition) is 2. The highest BCUT2D eigenvalue weighted by Crippen LogP contribution is 2.20. The summed E-state index contributed by atoms with van der Waals surface area (Å²) in [7, 11) is 2.05. The Hall–Kier alpha value is -2.73. The molecule has 3 aromatic rings. The smallest absolute Gasteiger partial charge is 0.255 e. The van der Waals surface area contributed by atoms with Crippen molar-refractivity contribution in [1.82, 2.24) is 9.55 Å². The van der Waals surface area contributed by atoms with Gasteiger partial charge in [-0.15, -0.1) is 0 Å². The van der Waals surface area contributed by atoms with Crippen molar-refractivity contribution in [3.63, 3.8) is 0 Å². The van der Waals surface area contributed by atoms with Crippen LogP contribution in [0.15, 0.2) is 42.5 Å². The van der Waals surface area contributed by atoms with E-state index in [9.17, 15) is 9.18 Å². The van der Waals surface area contributed by atoms with E-state index in [4.69, 9.17) is 4.98 Å². The number of imidazole rings is 1. The second-order valence-corrected chi connectivity index (χ2v) is 7.56. The number of quaternary nitrogens is 1. The minimum absolute atomic E-state index is 0.260. The van der Waals surface area contributed by atoms with Gasteiger partial charge in [-0.25, -0.2) is 9.37 Å². The van der Waals surface area contributed by atoms with Crippen molar-refractivity contribution in [2.75, 3.05) is 25.0 Å². The van der Waals surface area contributed by atoms with Crippen LogP contribution in [0.25, 0.3) is 11.0 Å². The van der Waals surface area contributed by atoms with Crippen LogP contribution < -0.4 is 10.2 Å².